The Hall–Kier alpha value is -1.73. The van der Waals surface area contributed by atoms with Gasteiger partial charge < -0.3 is 10.6 Å². The average molecular weight is 408 g/mol. The summed E-state index contributed by atoms with van der Waals surface area (Å²) < 4.78 is 38.9. The van der Waals surface area contributed by atoms with Crippen molar-refractivity contribution in [1.29, 1.82) is 0 Å². The Balaban J connectivity index is 2.01. The van der Waals surface area contributed by atoms with Gasteiger partial charge in [-0.25, -0.2) is 0 Å². The molecule has 0 aliphatic carbocycles. The van der Waals surface area contributed by atoms with Crippen molar-refractivity contribution < 1.29 is 18.0 Å². The summed E-state index contributed by atoms with van der Waals surface area (Å²) in [5.74, 6) is -0.505. The summed E-state index contributed by atoms with van der Waals surface area (Å²) in [6.07, 6.45) is -4.50. The van der Waals surface area contributed by atoms with Gasteiger partial charge in [0.15, 0.2) is 0 Å². The van der Waals surface area contributed by atoms with Crippen LogP contribution in [0.5, 0.6) is 0 Å². The van der Waals surface area contributed by atoms with Crippen LogP contribution in [0.1, 0.15) is 5.56 Å². The number of amides is 1. The fourth-order valence-electron chi connectivity index (χ4n) is 1.74. The molecule has 0 aromatic heterocycles. The van der Waals surface area contributed by atoms with E-state index in [1.165, 1.54) is 0 Å². The van der Waals surface area contributed by atoms with Crippen LogP contribution in [0.4, 0.5) is 24.5 Å². The third-order valence-corrected chi connectivity index (χ3v) is 3.72. The highest BCUT2D eigenvalue weighted by atomic mass is 79.9. The molecule has 2 N–H and O–H groups in total. The molecule has 0 atom stereocenters. The van der Waals surface area contributed by atoms with Crippen molar-refractivity contribution in [1.82, 2.24) is 0 Å². The highest BCUT2D eigenvalue weighted by molar-refractivity contribution is 9.10. The number of rotatable bonds is 4. The Kier molecular flexibility index (Phi) is 5.54. The number of anilines is 2. The average Bonchev–Trinajstić information content (AvgIpc) is 2.48. The predicted molar refractivity (Wildman–Crippen MR) is 87.7 cm³/mol. The van der Waals surface area contributed by atoms with Crippen LogP contribution in [0, 0.1) is 0 Å². The zero-order chi connectivity index (χ0) is 17.0. The smallest absolute Gasteiger partial charge is 0.376 e. The van der Waals surface area contributed by atoms with E-state index >= 15 is 0 Å². The Bertz CT molecular complexity index is 705. The van der Waals surface area contributed by atoms with E-state index in [2.05, 4.69) is 26.6 Å². The lowest BCUT2D eigenvalue weighted by molar-refractivity contribution is -0.137. The van der Waals surface area contributed by atoms with Gasteiger partial charge in [0.05, 0.1) is 22.8 Å². The van der Waals surface area contributed by atoms with Crippen molar-refractivity contribution in [2.45, 2.75) is 6.18 Å². The van der Waals surface area contributed by atoms with Crippen molar-refractivity contribution in [3.63, 3.8) is 0 Å². The molecule has 0 unspecified atom stereocenters. The first-order valence-electron chi connectivity index (χ1n) is 6.42. The summed E-state index contributed by atoms with van der Waals surface area (Å²) in [5.41, 5.74) is -0.249. The maximum atomic E-state index is 12.7. The number of hydrogen-bond donors (Lipinski definition) is 2. The monoisotopic (exact) mass is 406 g/mol. The van der Waals surface area contributed by atoms with Gasteiger partial charge in [-0.15, -0.1) is 0 Å². The number of alkyl halides is 3. The summed E-state index contributed by atoms with van der Waals surface area (Å²) in [7, 11) is 0. The fraction of sp³-hybridized carbons (Fsp3) is 0.133. The molecule has 3 nitrogen and oxygen atoms in total. The van der Waals surface area contributed by atoms with E-state index in [-0.39, 0.29) is 17.3 Å². The van der Waals surface area contributed by atoms with E-state index in [0.717, 1.165) is 22.7 Å². The van der Waals surface area contributed by atoms with Gasteiger partial charge in [-0.1, -0.05) is 27.5 Å². The van der Waals surface area contributed by atoms with Crippen LogP contribution >= 0.6 is 27.5 Å². The van der Waals surface area contributed by atoms with E-state index in [9.17, 15) is 18.0 Å². The largest absolute Gasteiger partial charge is 0.416 e. The lowest BCUT2D eigenvalue weighted by atomic mass is 10.2. The van der Waals surface area contributed by atoms with Gasteiger partial charge in [-0.05, 0) is 42.5 Å². The highest BCUT2D eigenvalue weighted by Crippen LogP contribution is 2.33. The van der Waals surface area contributed by atoms with Gasteiger partial charge in [0.1, 0.15) is 0 Å². The molecule has 2 aromatic rings. The lowest BCUT2D eigenvalue weighted by Gasteiger charge is -2.12. The molecule has 0 saturated carbocycles. The standard InChI is InChI=1S/C15H11BrClF3N2O/c16-10-2-4-11(5-3-10)21-8-14(23)22-13-7-9(15(18,19)20)1-6-12(13)17/h1-7,21H,8H2,(H,22,23). The molecular weight excluding hydrogens is 397 g/mol. The van der Waals surface area contributed by atoms with Crippen molar-refractivity contribution in [3.05, 3.63) is 57.5 Å². The van der Waals surface area contributed by atoms with Gasteiger partial charge in [-0.2, -0.15) is 13.2 Å². The topological polar surface area (TPSA) is 41.1 Å². The number of halogens is 5. The second-order valence-electron chi connectivity index (χ2n) is 4.60. The number of carbonyl (C=O) groups excluding carboxylic acids is 1. The molecule has 0 saturated heterocycles. The van der Waals surface area contributed by atoms with E-state index in [4.69, 9.17) is 11.6 Å². The molecular formula is C15H11BrClF3N2O. The van der Waals surface area contributed by atoms with Crippen LogP contribution in [-0.4, -0.2) is 12.5 Å². The zero-order valence-corrected chi connectivity index (χ0v) is 13.9. The van der Waals surface area contributed by atoms with Crippen LogP contribution in [0.15, 0.2) is 46.9 Å². The second kappa shape index (κ2) is 7.23. The minimum atomic E-state index is -4.50. The third kappa shape index (κ3) is 5.14. The van der Waals surface area contributed by atoms with Gasteiger partial charge in [0.25, 0.3) is 0 Å². The summed E-state index contributed by atoms with van der Waals surface area (Å²) in [6.45, 7) is -0.103. The molecule has 8 heteroatoms. The van der Waals surface area contributed by atoms with Crippen molar-refractivity contribution >= 4 is 44.8 Å². The maximum Gasteiger partial charge on any atom is 0.416 e. The first-order chi connectivity index (χ1) is 10.8. The van der Waals surface area contributed by atoms with Crippen LogP contribution in [0.2, 0.25) is 5.02 Å². The van der Waals surface area contributed by atoms with Crippen LogP contribution < -0.4 is 10.6 Å². The first kappa shape index (κ1) is 17.6. The molecule has 0 heterocycles. The summed E-state index contributed by atoms with van der Waals surface area (Å²) in [5, 5.41) is 5.26. The van der Waals surface area contributed by atoms with Crippen molar-refractivity contribution in [3.8, 4) is 0 Å². The number of benzene rings is 2. The molecule has 0 aliphatic heterocycles. The molecule has 0 radical (unpaired) electrons. The molecule has 0 aliphatic rings. The molecule has 0 fully saturated rings. The number of carbonyl (C=O) groups is 1. The Morgan fingerprint density at radius 3 is 2.39 bits per heavy atom. The maximum absolute atomic E-state index is 12.7. The van der Waals surface area contributed by atoms with Crippen LogP contribution in [0.25, 0.3) is 0 Å². The minimum Gasteiger partial charge on any atom is -0.376 e. The normalized spacial score (nSPS) is 11.2. The fourth-order valence-corrected chi connectivity index (χ4v) is 2.17. The Morgan fingerprint density at radius 1 is 1.13 bits per heavy atom. The van der Waals surface area contributed by atoms with E-state index < -0.39 is 17.6 Å². The van der Waals surface area contributed by atoms with Gasteiger partial charge in [0.2, 0.25) is 5.91 Å². The third-order valence-electron chi connectivity index (χ3n) is 2.87. The van der Waals surface area contributed by atoms with Gasteiger partial charge in [0, 0.05) is 10.2 Å². The first-order valence-corrected chi connectivity index (χ1v) is 7.59. The molecule has 2 rings (SSSR count). The molecule has 0 bridgehead atoms. The van der Waals surface area contributed by atoms with Gasteiger partial charge >= 0.3 is 6.18 Å². The van der Waals surface area contributed by atoms with E-state index in [1.807, 2.05) is 0 Å². The van der Waals surface area contributed by atoms with Crippen LogP contribution in [0.3, 0.4) is 0 Å². The number of nitrogens with one attached hydrogen (secondary N) is 2. The number of hydrogen-bond acceptors (Lipinski definition) is 2. The molecule has 23 heavy (non-hydrogen) atoms. The minimum absolute atomic E-state index is 0.0370. The van der Waals surface area contributed by atoms with E-state index in [1.54, 1.807) is 24.3 Å². The van der Waals surface area contributed by atoms with E-state index in [0.29, 0.717) is 5.69 Å². The SMILES string of the molecule is O=C(CNc1ccc(Br)cc1)Nc1cc(C(F)(F)F)ccc1Cl. The Labute approximate surface area is 144 Å². The lowest BCUT2D eigenvalue weighted by Crippen LogP contribution is -2.22. The second-order valence-corrected chi connectivity index (χ2v) is 5.92. The summed E-state index contributed by atoms with van der Waals surface area (Å²) in [6, 6.07) is 9.87. The van der Waals surface area contributed by atoms with Crippen molar-refractivity contribution in [2.24, 2.45) is 0 Å². The molecule has 122 valence electrons. The summed E-state index contributed by atoms with van der Waals surface area (Å²) >= 11 is 9.10. The van der Waals surface area contributed by atoms with Crippen LogP contribution in [-0.2, 0) is 11.0 Å². The molecule has 0 spiro atoms. The summed E-state index contributed by atoms with van der Waals surface area (Å²) in [4.78, 5) is 11.8. The Morgan fingerprint density at radius 2 is 1.78 bits per heavy atom. The van der Waals surface area contributed by atoms with Gasteiger partial charge in [-0.3, -0.25) is 4.79 Å². The molecule has 2 aromatic carbocycles. The highest BCUT2D eigenvalue weighted by Gasteiger charge is 2.31. The zero-order valence-electron chi connectivity index (χ0n) is 11.5. The quantitative estimate of drug-likeness (QED) is 0.734. The molecule has 1 amide bonds. The van der Waals surface area contributed by atoms with Crippen molar-refractivity contribution in [2.75, 3.05) is 17.2 Å². The predicted octanol–water partition coefficient (Wildman–Crippen LogP) is 5.17.